The Kier molecular flexibility index (Phi) is 10.3. The molecule has 0 spiro atoms. The van der Waals surface area contributed by atoms with Gasteiger partial charge in [0.25, 0.3) is 11.9 Å². The molecule has 4 rings (SSSR count). The number of hydrogen-bond donors (Lipinski definition) is 5. The predicted octanol–water partition coefficient (Wildman–Crippen LogP) is 2.67. The Balaban J connectivity index is 0.00000103. The van der Waals surface area contributed by atoms with Crippen LogP contribution >= 0.6 is 0 Å². The second-order valence-corrected chi connectivity index (χ2v) is 8.07. The van der Waals surface area contributed by atoms with E-state index in [0.29, 0.717) is 34.9 Å². The summed E-state index contributed by atoms with van der Waals surface area (Å²) in [6, 6.07) is 13.0. The molecule has 1 atom stereocenters. The average Bonchev–Trinajstić information content (AvgIpc) is 3.32. The van der Waals surface area contributed by atoms with Crippen molar-refractivity contribution >= 4 is 17.5 Å². The van der Waals surface area contributed by atoms with Gasteiger partial charge in [-0.2, -0.15) is 0 Å². The van der Waals surface area contributed by atoms with Crippen molar-refractivity contribution in [3.8, 4) is 17.4 Å². The van der Waals surface area contributed by atoms with E-state index in [-0.39, 0.29) is 24.2 Å². The highest BCUT2D eigenvalue weighted by atomic mass is 19.1. The molecule has 2 heterocycles. The minimum absolute atomic E-state index is 0.0527. The predicted molar refractivity (Wildman–Crippen MR) is 145 cm³/mol. The zero-order valence-corrected chi connectivity index (χ0v) is 21.8. The maximum absolute atomic E-state index is 12.8. The summed E-state index contributed by atoms with van der Waals surface area (Å²) in [7, 11) is 0. The molecule has 2 aromatic carbocycles. The van der Waals surface area contributed by atoms with Gasteiger partial charge in [0.15, 0.2) is 5.82 Å². The van der Waals surface area contributed by atoms with Crippen molar-refractivity contribution in [2.24, 2.45) is 5.73 Å². The van der Waals surface area contributed by atoms with E-state index < -0.39 is 24.4 Å². The van der Waals surface area contributed by atoms with E-state index in [1.165, 1.54) is 12.4 Å². The van der Waals surface area contributed by atoms with Gasteiger partial charge < -0.3 is 25.6 Å². The number of aliphatic carboxylic acids is 1. The lowest BCUT2D eigenvalue weighted by molar-refractivity contribution is -0.134. The normalized spacial score (nSPS) is 11.1. The summed E-state index contributed by atoms with van der Waals surface area (Å²) < 4.78 is 25.1. The number of carbonyl (C=O) groups is 1. The van der Waals surface area contributed by atoms with Gasteiger partial charge in [-0.15, -0.1) is 9.78 Å². The Morgan fingerprint density at radius 2 is 1.80 bits per heavy atom. The number of nitrogen functional groups attached to an aromatic ring is 1. The van der Waals surface area contributed by atoms with E-state index >= 15 is 0 Å². The van der Waals surface area contributed by atoms with Gasteiger partial charge in [0.1, 0.15) is 36.7 Å². The molecule has 13 nitrogen and oxygen atoms in total. The maximum atomic E-state index is 12.8. The summed E-state index contributed by atoms with van der Waals surface area (Å²) in [6.45, 7) is 2.58. The number of hydrogen-bond acceptors (Lipinski definition) is 9. The van der Waals surface area contributed by atoms with Gasteiger partial charge in [0.2, 0.25) is 0 Å². The van der Waals surface area contributed by atoms with Gasteiger partial charge in [-0.25, -0.2) is 19.2 Å². The molecule has 0 radical (unpaired) electrons. The van der Waals surface area contributed by atoms with Crippen LogP contribution in [0.1, 0.15) is 36.8 Å². The fraction of sp³-hybridized carbons (Fsp3) is 0.231. The van der Waals surface area contributed by atoms with Crippen molar-refractivity contribution in [3.05, 3.63) is 88.4 Å². The Hall–Kier alpha value is -5.27. The second-order valence-electron chi connectivity index (χ2n) is 8.07. The third-order valence-electron chi connectivity index (χ3n) is 5.05. The Labute approximate surface area is 228 Å². The summed E-state index contributed by atoms with van der Waals surface area (Å²) in [5.41, 5.74) is 6.92. The molecule has 6 N–H and O–H groups in total. The molecule has 0 amide bonds. The molecular weight excluding hydrogens is 523 g/mol. The van der Waals surface area contributed by atoms with Crippen LogP contribution in [0.2, 0.25) is 0 Å². The summed E-state index contributed by atoms with van der Waals surface area (Å²) in [5.74, 6) is 0.414. The number of carboxylic acids is 1. The van der Waals surface area contributed by atoms with Crippen LogP contribution in [-0.2, 0) is 4.79 Å². The van der Waals surface area contributed by atoms with Crippen molar-refractivity contribution in [1.29, 1.82) is 5.41 Å². The highest BCUT2D eigenvalue weighted by Crippen LogP contribution is 2.31. The number of anilines is 1. The molecule has 210 valence electrons. The number of nitrogens with one attached hydrogen (secondary N) is 3. The van der Waals surface area contributed by atoms with Crippen LogP contribution in [0, 0.1) is 5.41 Å². The smallest absolute Gasteiger partial charge is 0.350 e. The number of benzene rings is 2. The molecule has 0 saturated carbocycles. The van der Waals surface area contributed by atoms with Gasteiger partial charge in [0.05, 0.1) is 6.61 Å². The van der Waals surface area contributed by atoms with Gasteiger partial charge >= 0.3 is 5.69 Å². The molecular formula is C26H29FN8O5. The summed E-state index contributed by atoms with van der Waals surface area (Å²) in [6.07, 6.45) is 3.02. The number of rotatable bonds is 11. The number of H-pyrrole nitrogens is 1. The molecule has 4 aromatic rings. The van der Waals surface area contributed by atoms with Crippen LogP contribution in [0.3, 0.4) is 0 Å². The van der Waals surface area contributed by atoms with Crippen molar-refractivity contribution < 1.29 is 23.8 Å². The third kappa shape index (κ3) is 8.11. The first kappa shape index (κ1) is 29.3. The molecule has 0 aliphatic heterocycles. The number of nitrogens with zero attached hydrogens (tertiary/aromatic N) is 4. The van der Waals surface area contributed by atoms with E-state index in [1.807, 2.05) is 6.92 Å². The average molecular weight is 553 g/mol. The fourth-order valence-corrected chi connectivity index (χ4v) is 3.48. The number of amidine groups is 1. The van der Waals surface area contributed by atoms with Crippen molar-refractivity contribution in [1.82, 2.24) is 24.7 Å². The number of aromatic nitrogens is 5. The zero-order valence-electron chi connectivity index (χ0n) is 21.8. The van der Waals surface area contributed by atoms with Crippen LogP contribution in [0.4, 0.5) is 10.1 Å². The van der Waals surface area contributed by atoms with Crippen LogP contribution < -0.4 is 26.2 Å². The third-order valence-corrected chi connectivity index (χ3v) is 5.05. The molecule has 0 bridgehead atoms. The van der Waals surface area contributed by atoms with Crippen molar-refractivity contribution in [3.63, 3.8) is 0 Å². The molecule has 1 unspecified atom stereocenters. The van der Waals surface area contributed by atoms with E-state index in [9.17, 15) is 9.18 Å². The number of carboxylic acid groups (broad SMARTS) is 1. The molecule has 0 aliphatic rings. The SMILES string of the molecule is CC(=O)O.CCOc1cc(OCCF)cc(C(Nc2ccc(C(=N)N)cc2)c2nn(-c3ncccn3)c(=O)[nH]2)c1. The summed E-state index contributed by atoms with van der Waals surface area (Å²) in [4.78, 5) is 32.7. The van der Waals surface area contributed by atoms with E-state index in [0.717, 1.165) is 11.6 Å². The number of halogens is 1. The minimum Gasteiger partial charge on any atom is -0.494 e. The monoisotopic (exact) mass is 552 g/mol. The largest absolute Gasteiger partial charge is 0.494 e. The number of aromatic amines is 1. The number of alkyl halides is 1. The number of nitrogens with two attached hydrogens (primary N) is 1. The van der Waals surface area contributed by atoms with Crippen molar-refractivity contribution in [2.45, 2.75) is 19.9 Å². The van der Waals surface area contributed by atoms with Gasteiger partial charge in [-0.1, -0.05) is 0 Å². The first-order valence-electron chi connectivity index (χ1n) is 12.1. The molecule has 0 fully saturated rings. The molecule has 0 aliphatic carbocycles. The minimum atomic E-state index is -0.833. The fourth-order valence-electron chi connectivity index (χ4n) is 3.48. The molecule has 0 saturated heterocycles. The van der Waals surface area contributed by atoms with Gasteiger partial charge in [0, 0.05) is 36.6 Å². The lowest BCUT2D eigenvalue weighted by Crippen LogP contribution is -2.18. The molecule has 40 heavy (non-hydrogen) atoms. The van der Waals surface area contributed by atoms with Gasteiger partial charge in [-0.3, -0.25) is 15.2 Å². The van der Waals surface area contributed by atoms with Crippen LogP contribution in [0.25, 0.3) is 5.95 Å². The topological polar surface area (TPSA) is 194 Å². The Bertz CT molecular complexity index is 1470. The standard InChI is InChI=1S/C24H25FN8O3.C2H4O2/c1-2-35-18-12-16(13-19(14-18)36-11-8-25)20(30-17-6-4-15(5-7-17)21(26)27)22-31-24(34)33(32-22)23-28-9-3-10-29-23;1-2(3)4/h3-7,9-10,12-14,20,30H,2,8,11H2,1H3,(H3,26,27)(H,31,32,34);1H3,(H,3,4). The Morgan fingerprint density at radius 1 is 1.18 bits per heavy atom. The van der Waals surface area contributed by atoms with Gasteiger partial charge in [-0.05, 0) is 55.0 Å². The maximum Gasteiger partial charge on any atom is 0.350 e. The van der Waals surface area contributed by atoms with Crippen LogP contribution in [0.5, 0.6) is 11.5 Å². The zero-order chi connectivity index (χ0) is 29.1. The first-order valence-corrected chi connectivity index (χ1v) is 12.1. The lowest BCUT2D eigenvalue weighted by atomic mass is 10.0. The first-order chi connectivity index (χ1) is 19.2. The highest BCUT2D eigenvalue weighted by molar-refractivity contribution is 5.95. The van der Waals surface area contributed by atoms with E-state index in [2.05, 4.69) is 25.4 Å². The number of ether oxygens (including phenoxy) is 2. The van der Waals surface area contributed by atoms with Crippen molar-refractivity contribution in [2.75, 3.05) is 25.2 Å². The lowest BCUT2D eigenvalue weighted by Gasteiger charge is -2.20. The quantitative estimate of drug-likeness (QED) is 0.136. The molecule has 14 heteroatoms. The van der Waals surface area contributed by atoms with Crippen LogP contribution in [0.15, 0.2) is 65.7 Å². The van der Waals surface area contributed by atoms with E-state index in [1.54, 1.807) is 48.5 Å². The Morgan fingerprint density at radius 3 is 2.38 bits per heavy atom. The van der Waals surface area contributed by atoms with Crippen LogP contribution in [-0.4, -0.2) is 61.5 Å². The molecule has 2 aromatic heterocycles. The summed E-state index contributed by atoms with van der Waals surface area (Å²) in [5, 5.41) is 22.8. The summed E-state index contributed by atoms with van der Waals surface area (Å²) >= 11 is 0. The van der Waals surface area contributed by atoms with E-state index in [4.69, 9.17) is 30.5 Å². The highest BCUT2D eigenvalue weighted by Gasteiger charge is 2.23. The second kappa shape index (κ2) is 14.0.